The van der Waals surface area contributed by atoms with Crippen molar-refractivity contribution >= 4 is 23.3 Å². The van der Waals surface area contributed by atoms with Gasteiger partial charge in [0.15, 0.2) is 0 Å². The number of nitrogens with one attached hydrogen (secondary N) is 2. The van der Waals surface area contributed by atoms with Crippen molar-refractivity contribution in [2.75, 3.05) is 17.5 Å². The van der Waals surface area contributed by atoms with Crippen molar-refractivity contribution < 1.29 is 15.3 Å². The Morgan fingerprint density at radius 3 is 2.00 bits per heavy atom. The van der Waals surface area contributed by atoms with E-state index in [0.29, 0.717) is 5.69 Å². The Morgan fingerprint density at radius 1 is 0.917 bits per heavy atom. The van der Waals surface area contributed by atoms with Crippen LogP contribution in [0, 0.1) is 0 Å². The second-order valence-corrected chi connectivity index (χ2v) is 4.95. The van der Waals surface area contributed by atoms with Crippen molar-refractivity contribution in [3.63, 3.8) is 0 Å². The van der Waals surface area contributed by atoms with Crippen LogP contribution in [0.5, 0.6) is 0 Å². The predicted octanol–water partition coefficient (Wildman–Crippen LogP) is 1.27. The van der Waals surface area contributed by atoms with Crippen LogP contribution in [0.1, 0.15) is 0 Å². The van der Waals surface area contributed by atoms with Crippen LogP contribution in [-0.4, -0.2) is 46.1 Å². The number of aliphatic hydroxyl groups excluding tert-OH is 3. The first-order valence-corrected chi connectivity index (χ1v) is 7.40. The summed E-state index contributed by atoms with van der Waals surface area (Å²) in [5.41, 5.74) is 7.11. The summed E-state index contributed by atoms with van der Waals surface area (Å²) in [6.45, 7) is -0.592. The van der Waals surface area contributed by atoms with Crippen LogP contribution in [0.2, 0.25) is 0 Å². The van der Waals surface area contributed by atoms with Gasteiger partial charge in [0.1, 0.15) is 17.9 Å². The number of hydrogen-bond acceptors (Lipinski definition) is 7. The van der Waals surface area contributed by atoms with Gasteiger partial charge in [-0.05, 0) is 24.3 Å². The van der Waals surface area contributed by atoms with Crippen molar-refractivity contribution in [3.05, 3.63) is 60.7 Å². The highest BCUT2D eigenvalue weighted by Gasteiger charge is 2.20. The minimum Gasteiger partial charge on any atom is -0.394 e. The lowest BCUT2D eigenvalue weighted by Gasteiger charge is -2.15. The molecule has 2 atom stereocenters. The number of para-hydroxylation sites is 2. The van der Waals surface area contributed by atoms with Crippen molar-refractivity contribution in [1.29, 1.82) is 0 Å². The molecule has 5 N–H and O–H groups in total. The van der Waals surface area contributed by atoms with Crippen LogP contribution >= 0.6 is 0 Å². The first kappa shape index (κ1) is 17.6. The van der Waals surface area contributed by atoms with Crippen LogP contribution in [0.25, 0.3) is 0 Å². The maximum atomic E-state index is 10.1. The average molecular weight is 328 g/mol. The standard InChI is InChI=1S/C17H20N4O3/c22-12-16(23)17(24)15(21-20-14-9-5-2-6-10-14)11-18-19-13-7-3-1-4-8-13/h1-11,16-17,19-20,22-24H,12H2/b18-11+,21-15+/t16-,17+/m1/s1. The summed E-state index contributed by atoms with van der Waals surface area (Å²) < 4.78 is 0. The number of rotatable bonds is 8. The molecule has 0 aliphatic rings. The number of anilines is 2. The molecule has 7 heteroatoms. The molecule has 7 nitrogen and oxygen atoms in total. The van der Waals surface area contributed by atoms with E-state index in [1.165, 1.54) is 6.21 Å². The maximum Gasteiger partial charge on any atom is 0.127 e. The molecule has 126 valence electrons. The average Bonchev–Trinajstić information content (AvgIpc) is 2.65. The van der Waals surface area contributed by atoms with Crippen LogP contribution in [0.15, 0.2) is 70.9 Å². The highest BCUT2D eigenvalue weighted by Crippen LogP contribution is 2.06. The lowest BCUT2D eigenvalue weighted by molar-refractivity contribution is 0.0193. The number of nitrogens with zero attached hydrogens (tertiary/aromatic N) is 2. The molecule has 2 aromatic carbocycles. The summed E-state index contributed by atoms with van der Waals surface area (Å²) in [6.07, 6.45) is -1.45. The second-order valence-electron chi connectivity index (χ2n) is 4.95. The topological polar surface area (TPSA) is 109 Å². The second kappa shape index (κ2) is 9.41. The molecule has 0 fully saturated rings. The fraction of sp³-hybridized carbons (Fsp3) is 0.176. The SMILES string of the molecule is OC[C@@H](O)[C@@H](O)C(/C=N/Nc1ccccc1)=N/Nc1ccccc1. The molecule has 0 bridgehead atoms. The molecule has 0 heterocycles. The van der Waals surface area contributed by atoms with E-state index in [4.69, 9.17) is 5.11 Å². The Bertz CT molecular complexity index is 662. The summed E-state index contributed by atoms with van der Waals surface area (Å²) in [5, 5.41) is 36.7. The molecule has 24 heavy (non-hydrogen) atoms. The van der Waals surface area contributed by atoms with Crippen LogP contribution in [-0.2, 0) is 0 Å². The first-order chi connectivity index (χ1) is 11.7. The summed E-state index contributed by atoms with van der Waals surface area (Å²) in [4.78, 5) is 0. The van der Waals surface area contributed by atoms with Crippen molar-refractivity contribution in [3.8, 4) is 0 Å². The Balaban J connectivity index is 2.10. The predicted molar refractivity (Wildman–Crippen MR) is 95.2 cm³/mol. The summed E-state index contributed by atoms with van der Waals surface area (Å²) >= 11 is 0. The fourth-order valence-electron chi connectivity index (χ4n) is 1.80. The molecule has 2 aromatic rings. The lowest BCUT2D eigenvalue weighted by atomic mass is 10.1. The third-order valence-corrected chi connectivity index (χ3v) is 3.11. The van der Waals surface area contributed by atoms with E-state index in [9.17, 15) is 10.2 Å². The van der Waals surface area contributed by atoms with Gasteiger partial charge in [-0.3, -0.25) is 10.9 Å². The third-order valence-electron chi connectivity index (χ3n) is 3.11. The largest absolute Gasteiger partial charge is 0.394 e. The van der Waals surface area contributed by atoms with Gasteiger partial charge < -0.3 is 15.3 Å². The number of benzene rings is 2. The minimum atomic E-state index is -1.38. The Hall–Kier alpha value is -2.74. The molecule has 0 amide bonds. The van der Waals surface area contributed by atoms with Crippen molar-refractivity contribution in [1.82, 2.24) is 0 Å². The summed E-state index contributed by atoms with van der Waals surface area (Å²) in [6, 6.07) is 18.4. The Morgan fingerprint density at radius 2 is 1.46 bits per heavy atom. The van der Waals surface area contributed by atoms with E-state index in [1.807, 2.05) is 48.5 Å². The Labute approximate surface area is 140 Å². The molecule has 0 saturated carbocycles. The highest BCUT2D eigenvalue weighted by molar-refractivity contribution is 6.33. The molecular weight excluding hydrogens is 308 g/mol. The van der Waals surface area contributed by atoms with E-state index in [0.717, 1.165) is 5.69 Å². The highest BCUT2D eigenvalue weighted by atomic mass is 16.4. The molecule has 0 aromatic heterocycles. The van der Waals surface area contributed by atoms with Gasteiger partial charge in [-0.25, -0.2) is 0 Å². The van der Waals surface area contributed by atoms with Gasteiger partial charge in [-0.2, -0.15) is 10.2 Å². The number of hydrazone groups is 2. The van der Waals surface area contributed by atoms with Gasteiger partial charge in [0.25, 0.3) is 0 Å². The summed E-state index contributed by atoms with van der Waals surface area (Å²) in [5.74, 6) is 0. The van der Waals surface area contributed by atoms with E-state index in [-0.39, 0.29) is 5.71 Å². The third kappa shape index (κ3) is 5.47. The van der Waals surface area contributed by atoms with Gasteiger partial charge in [-0.1, -0.05) is 36.4 Å². The lowest BCUT2D eigenvalue weighted by Crippen LogP contribution is -2.37. The van der Waals surface area contributed by atoms with Crippen LogP contribution in [0.4, 0.5) is 11.4 Å². The molecule has 0 aliphatic carbocycles. The van der Waals surface area contributed by atoms with Gasteiger partial charge >= 0.3 is 0 Å². The minimum absolute atomic E-state index is 0.0730. The molecule has 0 unspecified atom stereocenters. The molecular formula is C17H20N4O3. The summed E-state index contributed by atoms with van der Waals surface area (Å²) in [7, 11) is 0. The molecule has 0 saturated heterocycles. The van der Waals surface area contributed by atoms with Crippen LogP contribution < -0.4 is 10.9 Å². The van der Waals surface area contributed by atoms with Crippen molar-refractivity contribution in [2.24, 2.45) is 10.2 Å². The molecule has 0 aliphatic heterocycles. The number of aliphatic hydroxyl groups is 3. The maximum absolute atomic E-state index is 10.1. The van der Waals surface area contributed by atoms with Crippen molar-refractivity contribution in [2.45, 2.75) is 12.2 Å². The Kier molecular flexibility index (Phi) is 6.91. The molecule has 0 spiro atoms. The number of hydrogen-bond donors (Lipinski definition) is 5. The fourth-order valence-corrected chi connectivity index (χ4v) is 1.80. The van der Waals surface area contributed by atoms with Gasteiger partial charge in [0, 0.05) is 0 Å². The smallest absolute Gasteiger partial charge is 0.127 e. The monoisotopic (exact) mass is 328 g/mol. The zero-order valence-electron chi connectivity index (χ0n) is 12.9. The van der Waals surface area contributed by atoms with E-state index in [1.54, 1.807) is 12.1 Å². The molecule has 2 rings (SSSR count). The zero-order valence-corrected chi connectivity index (χ0v) is 12.9. The van der Waals surface area contributed by atoms with E-state index < -0.39 is 18.8 Å². The van der Waals surface area contributed by atoms with E-state index in [2.05, 4.69) is 21.1 Å². The van der Waals surface area contributed by atoms with Gasteiger partial charge in [0.05, 0.1) is 24.2 Å². The van der Waals surface area contributed by atoms with Gasteiger partial charge in [0.2, 0.25) is 0 Å². The van der Waals surface area contributed by atoms with E-state index >= 15 is 0 Å². The first-order valence-electron chi connectivity index (χ1n) is 7.40. The van der Waals surface area contributed by atoms with Gasteiger partial charge in [-0.15, -0.1) is 0 Å². The van der Waals surface area contributed by atoms with Crippen LogP contribution in [0.3, 0.4) is 0 Å². The zero-order chi connectivity index (χ0) is 17.2. The molecule has 0 radical (unpaired) electrons. The quantitative estimate of drug-likeness (QED) is 0.370. The normalized spacial score (nSPS) is 14.4.